The summed E-state index contributed by atoms with van der Waals surface area (Å²) in [7, 11) is 0. The van der Waals surface area contributed by atoms with Crippen LogP contribution in [0.3, 0.4) is 0 Å². The molecule has 0 aromatic carbocycles. The topological polar surface area (TPSA) is 30.0 Å². The molecule has 1 rings (SSSR count). The van der Waals surface area contributed by atoms with Crippen LogP contribution in [0.25, 0.3) is 0 Å². The zero-order valence-electron chi connectivity index (χ0n) is 6.24. The minimum absolute atomic E-state index is 0.194. The average molecular weight is 187 g/mol. The van der Waals surface area contributed by atoms with Crippen molar-refractivity contribution >= 4 is 29.1 Å². The first-order valence-corrected chi connectivity index (χ1v) is 5.29. The van der Waals surface area contributed by atoms with E-state index in [-0.39, 0.29) is 5.78 Å². The molecule has 0 unspecified atom stereocenters. The van der Waals surface area contributed by atoms with Crippen molar-refractivity contribution in [3.05, 3.63) is 17.1 Å². The molecule has 0 aliphatic rings. The molecule has 0 saturated carbocycles. The molecule has 0 amide bonds. The van der Waals surface area contributed by atoms with Gasteiger partial charge in [0.2, 0.25) is 0 Å². The number of nitrogens with zero attached hydrogens (tertiary/aromatic N) is 1. The van der Waals surface area contributed by atoms with Gasteiger partial charge in [0.1, 0.15) is 0 Å². The van der Waals surface area contributed by atoms with Crippen molar-refractivity contribution in [1.82, 2.24) is 4.37 Å². The van der Waals surface area contributed by atoms with Gasteiger partial charge in [-0.3, -0.25) is 4.79 Å². The van der Waals surface area contributed by atoms with E-state index in [9.17, 15) is 4.79 Å². The summed E-state index contributed by atoms with van der Waals surface area (Å²) in [6.07, 6.45) is 1.66. The van der Waals surface area contributed by atoms with Crippen molar-refractivity contribution < 1.29 is 4.79 Å². The number of carbonyl (C=O) groups excluding carboxylic acids is 1. The Morgan fingerprint density at radius 3 is 3.18 bits per heavy atom. The van der Waals surface area contributed by atoms with Crippen LogP contribution in [-0.4, -0.2) is 21.7 Å². The third-order valence-electron chi connectivity index (χ3n) is 1.15. The molecule has 0 spiro atoms. The summed E-state index contributed by atoms with van der Waals surface area (Å²) in [5.41, 5.74) is 0. The third kappa shape index (κ3) is 2.63. The van der Waals surface area contributed by atoms with E-state index >= 15 is 0 Å². The Hall–Kier alpha value is -0.350. The molecule has 0 atom stereocenters. The highest BCUT2D eigenvalue weighted by Crippen LogP contribution is 2.09. The van der Waals surface area contributed by atoms with Gasteiger partial charge in [0.05, 0.1) is 10.6 Å². The quantitative estimate of drug-likeness (QED) is 0.676. The first-order valence-electron chi connectivity index (χ1n) is 3.36. The molecule has 4 heteroatoms. The molecule has 0 aliphatic carbocycles. The van der Waals surface area contributed by atoms with Crippen LogP contribution in [-0.2, 0) is 0 Å². The first kappa shape index (κ1) is 8.74. The molecule has 0 saturated heterocycles. The smallest absolute Gasteiger partial charge is 0.184 e. The van der Waals surface area contributed by atoms with Gasteiger partial charge in [-0.15, -0.1) is 0 Å². The maximum atomic E-state index is 11.2. The Labute approximate surface area is 74.2 Å². The van der Waals surface area contributed by atoms with Crippen LogP contribution < -0.4 is 0 Å². The van der Waals surface area contributed by atoms with E-state index in [0.717, 1.165) is 10.6 Å². The Bertz CT molecular complexity index is 220. The van der Waals surface area contributed by atoms with E-state index in [0.29, 0.717) is 5.75 Å². The lowest BCUT2D eigenvalue weighted by Crippen LogP contribution is -1.99. The third-order valence-corrected chi connectivity index (χ3v) is 2.81. The Kier molecular flexibility index (Phi) is 3.59. The summed E-state index contributed by atoms with van der Waals surface area (Å²) in [5.74, 6) is 1.77. The fourth-order valence-corrected chi connectivity index (χ4v) is 1.79. The van der Waals surface area contributed by atoms with Crippen molar-refractivity contribution in [2.45, 2.75) is 6.92 Å². The lowest BCUT2D eigenvalue weighted by molar-refractivity contribution is 0.102. The van der Waals surface area contributed by atoms with Crippen LogP contribution in [0.2, 0.25) is 0 Å². The van der Waals surface area contributed by atoms with Gasteiger partial charge in [-0.2, -0.15) is 11.8 Å². The molecule has 2 nitrogen and oxygen atoms in total. The summed E-state index contributed by atoms with van der Waals surface area (Å²) in [6.45, 7) is 2.05. The average Bonchev–Trinajstić information content (AvgIpc) is 2.52. The van der Waals surface area contributed by atoms with Crippen LogP contribution in [0.4, 0.5) is 0 Å². The second kappa shape index (κ2) is 4.51. The number of hydrogen-bond donors (Lipinski definition) is 0. The monoisotopic (exact) mass is 187 g/mol. The number of hydrogen-bond acceptors (Lipinski definition) is 4. The Balaban J connectivity index is 2.43. The van der Waals surface area contributed by atoms with E-state index < -0.39 is 0 Å². The summed E-state index contributed by atoms with van der Waals surface area (Å²) in [5, 5.41) is 0. The SMILES string of the molecule is CCSCC(=O)c1ccns1. The van der Waals surface area contributed by atoms with Crippen molar-refractivity contribution in [2.75, 3.05) is 11.5 Å². The van der Waals surface area contributed by atoms with Gasteiger partial charge in [-0.25, -0.2) is 4.37 Å². The molecule has 1 aromatic rings. The largest absolute Gasteiger partial charge is 0.292 e. The fourth-order valence-electron chi connectivity index (χ4n) is 0.626. The highest BCUT2D eigenvalue weighted by molar-refractivity contribution is 7.99. The zero-order chi connectivity index (χ0) is 8.10. The molecule has 1 aromatic heterocycles. The number of carbonyl (C=O) groups is 1. The van der Waals surface area contributed by atoms with Crippen molar-refractivity contribution in [1.29, 1.82) is 0 Å². The molecule has 0 radical (unpaired) electrons. The van der Waals surface area contributed by atoms with Gasteiger partial charge in [0.25, 0.3) is 0 Å². The van der Waals surface area contributed by atoms with Crippen LogP contribution in [0, 0.1) is 0 Å². The number of ketones is 1. The minimum atomic E-state index is 0.194. The normalized spacial score (nSPS) is 9.91. The van der Waals surface area contributed by atoms with Crippen molar-refractivity contribution in [2.24, 2.45) is 0 Å². The summed E-state index contributed by atoms with van der Waals surface area (Å²) in [4.78, 5) is 12.0. The Morgan fingerprint density at radius 1 is 1.82 bits per heavy atom. The lowest BCUT2D eigenvalue weighted by atomic mass is 10.4. The van der Waals surface area contributed by atoms with Gasteiger partial charge in [0, 0.05) is 6.20 Å². The maximum absolute atomic E-state index is 11.2. The predicted molar refractivity (Wildman–Crippen MR) is 49.4 cm³/mol. The second-order valence-electron chi connectivity index (χ2n) is 1.94. The summed E-state index contributed by atoms with van der Waals surface area (Å²) in [6, 6.07) is 1.77. The summed E-state index contributed by atoms with van der Waals surface area (Å²) < 4.78 is 3.86. The predicted octanol–water partition coefficient (Wildman–Crippen LogP) is 2.08. The number of rotatable bonds is 4. The van der Waals surface area contributed by atoms with E-state index in [2.05, 4.69) is 4.37 Å². The Morgan fingerprint density at radius 2 is 2.64 bits per heavy atom. The van der Waals surface area contributed by atoms with E-state index in [1.54, 1.807) is 24.0 Å². The van der Waals surface area contributed by atoms with Crippen LogP contribution in [0.15, 0.2) is 12.3 Å². The number of aromatic nitrogens is 1. The first-order chi connectivity index (χ1) is 5.34. The number of Topliss-reactive ketones (excluding diaryl/α,β-unsaturated/α-hetero) is 1. The molecular weight excluding hydrogens is 178 g/mol. The van der Waals surface area contributed by atoms with Gasteiger partial charge in [0.15, 0.2) is 5.78 Å². The van der Waals surface area contributed by atoms with Crippen LogP contribution in [0.5, 0.6) is 0 Å². The second-order valence-corrected chi connectivity index (χ2v) is 4.04. The molecule has 60 valence electrons. The van der Waals surface area contributed by atoms with Crippen LogP contribution >= 0.6 is 23.3 Å². The lowest BCUT2D eigenvalue weighted by Gasteiger charge is -1.92. The van der Waals surface area contributed by atoms with E-state index in [1.807, 2.05) is 6.92 Å². The van der Waals surface area contributed by atoms with Crippen molar-refractivity contribution in [3.63, 3.8) is 0 Å². The molecule has 1 heterocycles. The maximum Gasteiger partial charge on any atom is 0.184 e. The zero-order valence-corrected chi connectivity index (χ0v) is 7.87. The molecule has 0 aliphatic heterocycles. The van der Waals surface area contributed by atoms with E-state index in [1.165, 1.54) is 11.5 Å². The van der Waals surface area contributed by atoms with Gasteiger partial charge in [-0.1, -0.05) is 6.92 Å². The molecular formula is C7H9NOS2. The highest BCUT2D eigenvalue weighted by atomic mass is 32.2. The fraction of sp³-hybridized carbons (Fsp3) is 0.429. The molecule has 0 fully saturated rings. The van der Waals surface area contributed by atoms with Gasteiger partial charge < -0.3 is 0 Å². The standard InChI is InChI=1S/C7H9NOS2/c1-2-10-5-6(9)7-3-4-8-11-7/h3-4H,2,5H2,1H3. The minimum Gasteiger partial charge on any atom is -0.292 e. The van der Waals surface area contributed by atoms with Gasteiger partial charge in [-0.05, 0) is 23.4 Å². The molecule has 11 heavy (non-hydrogen) atoms. The summed E-state index contributed by atoms with van der Waals surface area (Å²) >= 11 is 2.91. The van der Waals surface area contributed by atoms with E-state index in [4.69, 9.17) is 0 Å². The molecule has 0 bridgehead atoms. The van der Waals surface area contributed by atoms with Gasteiger partial charge >= 0.3 is 0 Å². The number of thioether (sulfide) groups is 1. The van der Waals surface area contributed by atoms with Crippen molar-refractivity contribution in [3.8, 4) is 0 Å². The van der Waals surface area contributed by atoms with Crippen LogP contribution in [0.1, 0.15) is 16.6 Å². The highest BCUT2D eigenvalue weighted by Gasteiger charge is 2.05. The molecule has 0 N–H and O–H groups in total.